The van der Waals surface area contributed by atoms with Crippen molar-refractivity contribution in [1.29, 1.82) is 0 Å². The van der Waals surface area contributed by atoms with Crippen LogP contribution in [-0.2, 0) is 4.79 Å². The van der Waals surface area contributed by atoms with Crippen molar-refractivity contribution < 1.29 is 13.6 Å². The third kappa shape index (κ3) is 1.95. The van der Waals surface area contributed by atoms with Crippen molar-refractivity contribution in [2.24, 2.45) is 5.73 Å². The minimum Gasteiger partial charge on any atom is -0.364 e. The maximum atomic E-state index is 11.9. The molecule has 0 spiro atoms. The molecule has 0 saturated carbocycles. The average Bonchev–Trinajstić information content (AvgIpc) is 1.65. The van der Waals surface area contributed by atoms with Crippen LogP contribution in [0.15, 0.2) is 0 Å². The van der Waals surface area contributed by atoms with E-state index in [1.165, 1.54) is 0 Å². The van der Waals surface area contributed by atoms with Crippen molar-refractivity contribution >= 4 is 29.1 Å². The first-order chi connectivity index (χ1) is 3.89. The number of primary amides is 1. The summed E-state index contributed by atoms with van der Waals surface area (Å²) in [5.41, 5.74) is 4.21. The first-order valence-electron chi connectivity index (χ1n) is 1.85. The molecule has 0 unspecified atom stereocenters. The summed E-state index contributed by atoms with van der Waals surface area (Å²) in [6.45, 7) is 0. The SMILES string of the molecule is NC(=O)C(F)(F)C(Cl)Cl. The topological polar surface area (TPSA) is 43.1 Å². The highest BCUT2D eigenvalue weighted by atomic mass is 35.5. The van der Waals surface area contributed by atoms with Crippen LogP contribution in [0.25, 0.3) is 0 Å². The highest BCUT2D eigenvalue weighted by Gasteiger charge is 2.43. The van der Waals surface area contributed by atoms with Crippen LogP contribution in [0, 0.1) is 0 Å². The molecule has 0 aliphatic heterocycles. The number of rotatable bonds is 2. The number of halogens is 4. The molecule has 9 heavy (non-hydrogen) atoms. The Labute approximate surface area is 59.9 Å². The van der Waals surface area contributed by atoms with Gasteiger partial charge in [-0.25, -0.2) is 0 Å². The summed E-state index contributed by atoms with van der Waals surface area (Å²) in [5, 5.41) is 0. The van der Waals surface area contributed by atoms with Gasteiger partial charge in [0.05, 0.1) is 0 Å². The molecule has 0 heterocycles. The van der Waals surface area contributed by atoms with Crippen molar-refractivity contribution in [2.45, 2.75) is 10.8 Å². The smallest absolute Gasteiger partial charge is 0.353 e. The minimum absolute atomic E-state index is 1.82. The first kappa shape index (κ1) is 8.91. The molecule has 0 radical (unpaired) electrons. The fourth-order valence-corrected chi connectivity index (χ4v) is 0.323. The predicted octanol–water partition coefficient (Wildman–Crippen LogP) is 0.911. The van der Waals surface area contributed by atoms with E-state index in [9.17, 15) is 13.6 Å². The van der Waals surface area contributed by atoms with Crippen molar-refractivity contribution in [3.8, 4) is 0 Å². The molecule has 0 aliphatic carbocycles. The van der Waals surface area contributed by atoms with Crippen LogP contribution in [0.1, 0.15) is 0 Å². The third-order valence-corrected chi connectivity index (χ3v) is 1.15. The summed E-state index contributed by atoms with van der Waals surface area (Å²) in [6, 6.07) is 0. The molecular weight excluding hydrogens is 175 g/mol. The second-order valence-electron chi connectivity index (χ2n) is 1.29. The molecule has 2 nitrogen and oxygen atoms in total. The Morgan fingerprint density at radius 1 is 1.56 bits per heavy atom. The van der Waals surface area contributed by atoms with Crippen LogP contribution in [-0.4, -0.2) is 16.7 Å². The number of amides is 1. The molecule has 0 fully saturated rings. The molecule has 0 saturated heterocycles. The van der Waals surface area contributed by atoms with Crippen molar-refractivity contribution in [2.75, 3.05) is 0 Å². The Morgan fingerprint density at radius 2 is 1.89 bits per heavy atom. The van der Waals surface area contributed by atoms with E-state index in [2.05, 4.69) is 28.9 Å². The van der Waals surface area contributed by atoms with E-state index in [1.54, 1.807) is 0 Å². The molecule has 2 N–H and O–H groups in total. The van der Waals surface area contributed by atoms with Crippen LogP contribution >= 0.6 is 23.2 Å². The van der Waals surface area contributed by atoms with Crippen molar-refractivity contribution in [3.63, 3.8) is 0 Å². The van der Waals surface area contributed by atoms with Gasteiger partial charge >= 0.3 is 5.92 Å². The highest BCUT2D eigenvalue weighted by Crippen LogP contribution is 2.25. The van der Waals surface area contributed by atoms with E-state index >= 15 is 0 Å². The Balaban J connectivity index is 4.19. The van der Waals surface area contributed by atoms with Crippen molar-refractivity contribution in [1.82, 2.24) is 0 Å². The second kappa shape index (κ2) is 2.66. The van der Waals surface area contributed by atoms with E-state index in [4.69, 9.17) is 0 Å². The predicted molar refractivity (Wildman–Crippen MR) is 29.6 cm³/mol. The molecule has 6 heteroatoms. The van der Waals surface area contributed by atoms with E-state index in [-0.39, 0.29) is 0 Å². The van der Waals surface area contributed by atoms with Gasteiger partial charge < -0.3 is 5.73 Å². The Morgan fingerprint density at radius 3 is 1.89 bits per heavy atom. The molecule has 54 valence electrons. The zero-order valence-corrected chi connectivity index (χ0v) is 5.59. The molecule has 0 atom stereocenters. The number of hydrogen-bond acceptors (Lipinski definition) is 1. The molecule has 0 aromatic rings. The first-order valence-corrected chi connectivity index (χ1v) is 2.72. The fourth-order valence-electron chi connectivity index (χ4n) is 0.108. The van der Waals surface area contributed by atoms with Crippen molar-refractivity contribution in [3.05, 3.63) is 0 Å². The summed E-state index contributed by atoms with van der Waals surface area (Å²) in [7, 11) is 0. The number of alkyl halides is 4. The standard InChI is InChI=1S/C3H3Cl2F2NO/c4-1(5)3(6,7)2(8)9/h1H,(H2,8,9). The van der Waals surface area contributed by atoms with Gasteiger partial charge in [-0.1, -0.05) is 23.2 Å². The molecule has 0 rings (SSSR count). The monoisotopic (exact) mass is 177 g/mol. The van der Waals surface area contributed by atoms with Gasteiger partial charge in [0.2, 0.25) is 0 Å². The van der Waals surface area contributed by atoms with Crippen LogP contribution in [0.2, 0.25) is 0 Å². The Bertz CT molecular complexity index is 127. The van der Waals surface area contributed by atoms with E-state index in [0.717, 1.165) is 0 Å². The quantitative estimate of drug-likeness (QED) is 0.627. The summed E-state index contributed by atoms with van der Waals surface area (Å²) in [6.07, 6.45) is 0. The lowest BCUT2D eigenvalue weighted by Crippen LogP contribution is -2.40. The summed E-state index contributed by atoms with van der Waals surface area (Å²) in [5.74, 6) is -5.65. The van der Waals surface area contributed by atoms with Crippen LogP contribution in [0.3, 0.4) is 0 Å². The number of carbonyl (C=O) groups excluding carboxylic acids is 1. The van der Waals surface area contributed by atoms with Crippen LogP contribution in [0.4, 0.5) is 8.78 Å². The molecule has 0 aliphatic rings. The molecule has 0 bridgehead atoms. The van der Waals surface area contributed by atoms with Gasteiger partial charge in [-0.05, 0) is 0 Å². The molecular formula is C3H3Cl2F2NO. The Hall–Kier alpha value is -0.0900. The highest BCUT2D eigenvalue weighted by molar-refractivity contribution is 6.46. The molecule has 0 aromatic heterocycles. The van der Waals surface area contributed by atoms with E-state index in [0.29, 0.717) is 0 Å². The average molecular weight is 178 g/mol. The molecule has 1 amide bonds. The lowest BCUT2D eigenvalue weighted by molar-refractivity contribution is -0.139. The normalized spacial score (nSPS) is 12.1. The van der Waals surface area contributed by atoms with Gasteiger partial charge in [-0.2, -0.15) is 8.78 Å². The summed E-state index contributed by atoms with van der Waals surface area (Å²) >= 11 is 9.36. The van der Waals surface area contributed by atoms with Crippen LogP contribution < -0.4 is 5.73 Å². The van der Waals surface area contributed by atoms with Gasteiger partial charge in [-0.15, -0.1) is 0 Å². The summed E-state index contributed by atoms with van der Waals surface area (Å²) < 4.78 is 23.9. The van der Waals surface area contributed by atoms with E-state index in [1.807, 2.05) is 0 Å². The zero-order chi connectivity index (χ0) is 7.65. The van der Waals surface area contributed by atoms with Crippen LogP contribution in [0.5, 0.6) is 0 Å². The lowest BCUT2D eigenvalue weighted by atomic mass is 10.4. The Kier molecular flexibility index (Phi) is 2.64. The summed E-state index contributed by atoms with van der Waals surface area (Å²) in [4.78, 5) is 7.69. The number of hydrogen-bond donors (Lipinski definition) is 1. The van der Waals surface area contributed by atoms with Gasteiger partial charge in [0.1, 0.15) is 0 Å². The maximum Gasteiger partial charge on any atom is 0.353 e. The van der Waals surface area contributed by atoms with Gasteiger partial charge in [0.25, 0.3) is 5.91 Å². The number of carbonyl (C=O) groups is 1. The third-order valence-electron chi connectivity index (χ3n) is 0.603. The second-order valence-corrected chi connectivity index (χ2v) is 2.38. The maximum absolute atomic E-state index is 11.9. The zero-order valence-electron chi connectivity index (χ0n) is 4.07. The van der Waals surface area contributed by atoms with Gasteiger partial charge in [0.15, 0.2) is 4.84 Å². The van der Waals surface area contributed by atoms with E-state index < -0.39 is 16.7 Å². The number of nitrogens with two attached hydrogens (primary N) is 1. The van der Waals surface area contributed by atoms with Gasteiger partial charge in [0, 0.05) is 0 Å². The fraction of sp³-hybridized carbons (Fsp3) is 0.667. The minimum atomic E-state index is -3.83. The van der Waals surface area contributed by atoms with Gasteiger partial charge in [-0.3, -0.25) is 4.79 Å². The lowest BCUT2D eigenvalue weighted by Gasteiger charge is -2.11. The largest absolute Gasteiger partial charge is 0.364 e. The molecule has 0 aromatic carbocycles.